The second kappa shape index (κ2) is 6.37. The molecule has 5 nitrogen and oxygen atoms in total. The second-order valence-electron chi connectivity index (χ2n) is 6.01. The molecule has 3 rings (SSSR count). The fourth-order valence-corrected chi connectivity index (χ4v) is 2.79. The lowest BCUT2D eigenvalue weighted by atomic mass is 9.99. The van der Waals surface area contributed by atoms with Gasteiger partial charge in [-0.3, -0.25) is 0 Å². The van der Waals surface area contributed by atoms with Gasteiger partial charge < -0.3 is 19.2 Å². The highest BCUT2D eigenvalue weighted by Crippen LogP contribution is 2.32. The van der Waals surface area contributed by atoms with Gasteiger partial charge in [-0.15, -0.1) is 0 Å². The van der Waals surface area contributed by atoms with Gasteiger partial charge >= 0.3 is 5.63 Å². The Morgan fingerprint density at radius 3 is 2.46 bits per heavy atom. The molecule has 0 bridgehead atoms. The van der Waals surface area contributed by atoms with Gasteiger partial charge in [0.15, 0.2) is 0 Å². The van der Waals surface area contributed by atoms with Crippen molar-refractivity contribution in [1.29, 1.82) is 0 Å². The molecule has 124 valence electrons. The minimum absolute atomic E-state index is 0.112. The summed E-state index contributed by atoms with van der Waals surface area (Å²) in [7, 11) is 5.50. The van der Waals surface area contributed by atoms with Crippen LogP contribution in [-0.4, -0.2) is 21.2 Å². The molecule has 0 aliphatic heterocycles. The van der Waals surface area contributed by atoms with Gasteiger partial charge in [0.05, 0.1) is 21.2 Å². The van der Waals surface area contributed by atoms with Crippen molar-refractivity contribution in [3.63, 3.8) is 0 Å². The average molecular weight is 325 g/mol. The summed E-state index contributed by atoms with van der Waals surface area (Å²) in [4.78, 5) is 13.1. The summed E-state index contributed by atoms with van der Waals surface area (Å²) in [5.41, 5.74) is 2.06. The Morgan fingerprint density at radius 1 is 1.12 bits per heavy atom. The maximum absolute atomic E-state index is 12.2. The second-order valence-corrected chi connectivity index (χ2v) is 6.01. The van der Waals surface area contributed by atoms with Crippen molar-refractivity contribution in [3.8, 4) is 22.6 Å². The van der Waals surface area contributed by atoms with Gasteiger partial charge in [0.2, 0.25) is 0 Å². The SMILES string of the molecule is COc1ccc(-c2cc(=O)oc3c(C[NH+](C)C)c([O-])ccc23)cc1. The van der Waals surface area contributed by atoms with Crippen LogP contribution < -0.4 is 20.4 Å². The zero-order valence-corrected chi connectivity index (χ0v) is 13.9. The summed E-state index contributed by atoms with van der Waals surface area (Å²) in [6.45, 7) is 0.491. The minimum Gasteiger partial charge on any atom is -0.872 e. The van der Waals surface area contributed by atoms with Crippen molar-refractivity contribution in [2.75, 3.05) is 21.2 Å². The molecule has 0 radical (unpaired) electrons. The molecule has 2 aromatic carbocycles. The molecule has 0 saturated carbocycles. The van der Waals surface area contributed by atoms with E-state index in [2.05, 4.69) is 0 Å². The van der Waals surface area contributed by atoms with Crippen molar-refractivity contribution >= 4 is 11.0 Å². The van der Waals surface area contributed by atoms with E-state index in [1.165, 1.54) is 12.1 Å². The van der Waals surface area contributed by atoms with Crippen molar-refractivity contribution in [3.05, 3.63) is 58.4 Å². The molecule has 1 N–H and O–H groups in total. The van der Waals surface area contributed by atoms with Crippen molar-refractivity contribution in [1.82, 2.24) is 0 Å². The van der Waals surface area contributed by atoms with Crippen LogP contribution in [0.15, 0.2) is 51.7 Å². The monoisotopic (exact) mass is 325 g/mol. The number of rotatable bonds is 4. The smallest absolute Gasteiger partial charge is 0.336 e. The van der Waals surface area contributed by atoms with Gasteiger partial charge in [0.25, 0.3) is 0 Å². The molecule has 0 fully saturated rings. The first-order valence-electron chi connectivity index (χ1n) is 7.70. The van der Waals surface area contributed by atoms with Gasteiger partial charge in [0.1, 0.15) is 17.9 Å². The predicted octanol–water partition coefficient (Wildman–Crippen LogP) is 1.19. The Labute approximate surface area is 139 Å². The van der Waals surface area contributed by atoms with E-state index in [0.717, 1.165) is 27.2 Å². The van der Waals surface area contributed by atoms with Crippen molar-refractivity contribution in [2.45, 2.75) is 6.54 Å². The Bertz CT molecular complexity index is 926. The van der Waals surface area contributed by atoms with Gasteiger partial charge in [0, 0.05) is 17.0 Å². The third kappa shape index (κ3) is 2.98. The summed E-state index contributed by atoms with van der Waals surface area (Å²) < 4.78 is 10.6. The summed E-state index contributed by atoms with van der Waals surface area (Å²) in [6, 6.07) is 12.2. The Balaban J connectivity index is 2.27. The highest BCUT2D eigenvalue weighted by molar-refractivity contribution is 5.95. The lowest BCUT2D eigenvalue weighted by molar-refractivity contribution is -0.872. The molecule has 0 unspecified atom stereocenters. The van der Waals surface area contributed by atoms with E-state index in [9.17, 15) is 9.90 Å². The number of benzene rings is 2. The van der Waals surface area contributed by atoms with Crippen LogP contribution in [0.1, 0.15) is 5.56 Å². The topological polar surface area (TPSA) is 66.9 Å². The molecular weight excluding hydrogens is 306 g/mol. The van der Waals surface area contributed by atoms with Crippen LogP contribution in [0.3, 0.4) is 0 Å². The van der Waals surface area contributed by atoms with Crippen molar-refractivity contribution in [2.24, 2.45) is 0 Å². The lowest BCUT2D eigenvalue weighted by Crippen LogP contribution is -3.04. The molecule has 0 spiro atoms. The molecule has 24 heavy (non-hydrogen) atoms. The third-order valence-corrected chi connectivity index (χ3v) is 3.90. The van der Waals surface area contributed by atoms with E-state index >= 15 is 0 Å². The predicted molar refractivity (Wildman–Crippen MR) is 90.4 cm³/mol. The van der Waals surface area contributed by atoms with Crippen LogP contribution in [0.2, 0.25) is 0 Å². The van der Waals surface area contributed by atoms with Gasteiger partial charge in [-0.1, -0.05) is 30.0 Å². The maximum Gasteiger partial charge on any atom is 0.336 e. The molecule has 5 heteroatoms. The minimum atomic E-state index is -0.464. The van der Waals surface area contributed by atoms with E-state index < -0.39 is 5.63 Å². The van der Waals surface area contributed by atoms with Crippen LogP contribution in [-0.2, 0) is 6.54 Å². The Kier molecular flexibility index (Phi) is 4.27. The highest BCUT2D eigenvalue weighted by atomic mass is 16.5. The van der Waals surface area contributed by atoms with E-state index in [0.29, 0.717) is 17.7 Å². The number of hydrogen-bond donors (Lipinski definition) is 1. The van der Waals surface area contributed by atoms with Gasteiger partial charge in [-0.2, -0.15) is 0 Å². The quantitative estimate of drug-likeness (QED) is 0.732. The van der Waals surface area contributed by atoms with Crippen LogP contribution in [0.25, 0.3) is 22.1 Å². The first-order valence-corrected chi connectivity index (χ1v) is 7.70. The van der Waals surface area contributed by atoms with Gasteiger partial charge in [-0.25, -0.2) is 4.79 Å². The summed E-state index contributed by atoms with van der Waals surface area (Å²) in [6.07, 6.45) is 0. The molecular formula is C19H19NO4. The molecule has 0 atom stereocenters. The Hall–Kier alpha value is -2.79. The van der Waals surface area contributed by atoms with Crippen LogP contribution in [0, 0.1) is 0 Å². The van der Waals surface area contributed by atoms with Crippen LogP contribution in [0.5, 0.6) is 11.5 Å². The largest absolute Gasteiger partial charge is 0.872 e. The number of nitrogens with one attached hydrogen (secondary N) is 1. The molecule has 0 amide bonds. The Morgan fingerprint density at radius 2 is 1.83 bits per heavy atom. The van der Waals surface area contributed by atoms with Crippen LogP contribution >= 0.6 is 0 Å². The zero-order valence-electron chi connectivity index (χ0n) is 13.9. The first-order chi connectivity index (χ1) is 11.5. The molecule has 0 saturated heterocycles. The lowest BCUT2D eigenvalue weighted by Gasteiger charge is -2.18. The van der Waals surface area contributed by atoms with Crippen LogP contribution in [0.4, 0.5) is 0 Å². The highest BCUT2D eigenvalue weighted by Gasteiger charge is 2.14. The van der Waals surface area contributed by atoms with E-state index in [4.69, 9.17) is 9.15 Å². The zero-order chi connectivity index (χ0) is 17.3. The fraction of sp³-hybridized carbons (Fsp3) is 0.211. The summed E-state index contributed by atoms with van der Waals surface area (Å²) in [5, 5.41) is 13.0. The number of methoxy groups -OCH3 is 1. The maximum atomic E-state index is 12.2. The summed E-state index contributed by atoms with van der Waals surface area (Å²) >= 11 is 0. The van der Waals surface area contributed by atoms with Crippen molar-refractivity contribution < 1.29 is 19.2 Å². The summed E-state index contributed by atoms with van der Waals surface area (Å²) in [5.74, 6) is 0.628. The first kappa shape index (κ1) is 16.1. The molecule has 0 aliphatic rings. The number of hydrogen-bond acceptors (Lipinski definition) is 4. The number of ether oxygens (including phenoxy) is 1. The molecule has 1 aromatic heterocycles. The van der Waals surface area contributed by atoms with E-state index in [1.54, 1.807) is 13.2 Å². The van der Waals surface area contributed by atoms with E-state index in [-0.39, 0.29) is 5.75 Å². The fourth-order valence-electron chi connectivity index (χ4n) is 2.79. The normalized spacial score (nSPS) is 11.2. The number of fused-ring (bicyclic) bond motifs is 1. The van der Waals surface area contributed by atoms with Gasteiger partial charge in [-0.05, 0) is 23.3 Å². The molecule has 0 aliphatic carbocycles. The molecule has 1 heterocycles. The van der Waals surface area contributed by atoms with E-state index in [1.807, 2.05) is 38.4 Å². The third-order valence-electron chi connectivity index (χ3n) is 3.90. The number of quaternary nitrogens is 1. The average Bonchev–Trinajstić information content (AvgIpc) is 2.57. The standard InChI is InChI=1S/C19H19NO4/c1-20(2)11-16-17(21)9-8-14-15(10-18(22)24-19(14)16)12-4-6-13(23-3)7-5-12/h4-10,21H,11H2,1-3H3. The molecule has 3 aromatic rings.